The number of hydrogen-bond donors (Lipinski definition) is 2. The van der Waals surface area contributed by atoms with Gasteiger partial charge in [-0.3, -0.25) is 0 Å². The number of nitrogens with one attached hydrogen (secondary N) is 1. The van der Waals surface area contributed by atoms with Gasteiger partial charge in [0.05, 0.1) is 13.1 Å². The van der Waals surface area contributed by atoms with Gasteiger partial charge in [0.15, 0.2) is 0 Å². The molecule has 1 atom stereocenters. The molecule has 1 rings (SSSR count). The lowest BCUT2D eigenvalue weighted by molar-refractivity contribution is -0.638. The predicted molar refractivity (Wildman–Crippen MR) is 47.5 cm³/mol. The minimum absolute atomic E-state index is 0.349. The van der Waals surface area contributed by atoms with Gasteiger partial charge < -0.3 is 10.6 Å². The van der Waals surface area contributed by atoms with E-state index >= 15 is 0 Å². The smallest absolute Gasteiger partial charge is 0.0803 e. The van der Waals surface area contributed by atoms with E-state index in [0.29, 0.717) is 5.54 Å². The van der Waals surface area contributed by atoms with E-state index in [4.69, 9.17) is 0 Å². The molecule has 1 heterocycles. The van der Waals surface area contributed by atoms with Crippen LogP contribution in [0.3, 0.4) is 0 Å². The Labute approximate surface area is 69.8 Å². The molecule has 3 N–H and O–H groups in total. The van der Waals surface area contributed by atoms with Gasteiger partial charge in [0.2, 0.25) is 0 Å². The van der Waals surface area contributed by atoms with Crippen molar-refractivity contribution in [2.24, 2.45) is 5.92 Å². The van der Waals surface area contributed by atoms with Crippen LogP contribution in [0.4, 0.5) is 0 Å². The maximum Gasteiger partial charge on any atom is 0.0803 e. The summed E-state index contributed by atoms with van der Waals surface area (Å²) in [5, 5.41) is 5.96. The third-order valence-electron chi connectivity index (χ3n) is 2.82. The molecular formula is C9H21N2+. The minimum Gasteiger partial charge on any atom is -0.346 e. The van der Waals surface area contributed by atoms with E-state index in [1.54, 1.807) is 0 Å². The largest absolute Gasteiger partial charge is 0.346 e. The number of quaternary nitrogens is 1. The van der Waals surface area contributed by atoms with Crippen LogP contribution < -0.4 is 10.6 Å². The van der Waals surface area contributed by atoms with Gasteiger partial charge in [-0.15, -0.1) is 0 Å². The fourth-order valence-electron chi connectivity index (χ4n) is 2.01. The van der Waals surface area contributed by atoms with Crippen LogP contribution in [0.5, 0.6) is 0 Å². The zero-order valence-corrected chi connectivity index (χ0v) is 7.98. The van der Waals surface area contributed by atoms with Crippen LogP contribution in [0.25, 0.3) is 0 Å². The summed E-state index contributed by atoms with van der Waals surface area (Å²) in [5.74, 6) is 0.863. The minimum atomic E-state index is 0.349. The van der Waals surface area contributed by atoms with E-state index in [0.717, 1.165) is 12.5 Å². The molecule has 0 radical (unpaired) electrons. The standard InChI is InChI=1S/C9H20N2/c1-4-11-9(2,3)8-5-6-10-7-8/h8,10-11H,4-7H2,1-3H3/p+1. The van der Waals surface area contributed by atoms with Gasteiger partial charge in [-0.25, -0.2) is 0 Å². The Morgan fingerprint density at radius 2 is 2.27 bits per heavy atom. The molecule has 0 saturated carbocycles. The summed E-state index contributed by atoms with van der Waals surface area (Å²) in [6.07, 6.45) is 1.38. The van der Waals surface area contributed by atoms with E-state index in [2.05, 4.69) is 31.4 Å². The first-order valence-electron chi connectivity index (χ1n) is 4.73. The molecule has 1 unspecified atom stereocenters. The Morgan fingerprint density at radius 1 is 1.55 bits per heavy atom. The van der Waals surface area contributed by atoms with Crippen molar-refractivity contribution in [3.8, 4) is 0 Å². The first kappa shape index (κ1) is 9.01. The zero-order chi connectivity index (χ0) is 8.32. The molecule has 0 aromatic carbocycles. The highest BCUT2D eigenvalue weighted by Crippen LogP contribution is 2.19. The van der Waals surface area contributed by atoms with Gasteiger partial charge in [-0.05, 0) is 20.4 Å². The van der Waals surface area contributed by atoms with Crippen molar-refractivity contribution < 1.29 is 5.32 Å². The second kappa shape index (κ2) is 3.55. The Bertz CT molecular complexity index is 115. The Kier molecular flexibility index (Phi) is 2.90. The van der Waals surface area contributed by atoms with Crippen LogP contribution in [0.1, 0.15) is 27.2 Å². The van der Waals surface area contributed by atoms with E-state index < -0.39 is 0 Å². The summed E-state index contributed by atoms with van der Waals surface area (Å²) < 4.78 is 0. The average molecular weight is 157 g/mol. The van der Waals surface area contributed by atoms with Crippen LogP contribution >= 0.6 is 0 Å². The quantitative estimate of drug-likeness (QED) is 0.591. The third-order valence-corrected chi connectivity index (χ3v) is 2.82. The van der Waals surface area contributed by atoms with Gasteiger partial charge in [0.25, 0.3) is 0 Å². The van der Waals surface area contributed by atoms with Crippen LogP contribution in [0, 0.1) is 5.92 Å². The average Bonchev–Trinajstić information content (AvgIpc) is 2.37. The van der Waals surface area contributed by atoms with Crippen molar-refractivity contribution in [1.82, 2.24) is 5.32 Å². The Morgan fingerprint density at radius 3 is 2.73 bits per heavy atom. The number of nitrogens with two attached hydrogens (primary N) is 1. The van der Waals surface area contributed by atoms with Crippen LogP contribution in [-0.4, -0.2) is 25.2 Å². The van der Waals surface area contributed by atoms with Gasteiger partial charge in [0.1, 0.15) is 0 Å². The van der Waals surface area contributed by atoms with Gasteiger partial charge in [-0.1, -0.05) is 6.92 Å². The molecule has 0 spiro atoms. The number of rotatable bonds is 3. The summed E-state index contributed by atoms with van der Waals surface area (Å²) in [6, 6.07) is 0. The molecule has 1 aliphatic rings. The van der Waals surface area contributed by atoms with Crippen LogP contribution in [0.2, 0.25) is 0 Å². The fourth-order valence-corrected chi connectivity index (χ4v) is 2.01. The second-order valence-electron chi connectivity index (χ2n) is 4.05. The highest BCUT2D eigenvalue weighted by Gasteiger charge is 2.32. The number of hydrogen-bond acceptors (Lipinski definition) is 1. The molecule has 2 nitrogen and oxygen atoms in total. The lowest BCUT2D eigenvalue weighted by Crippen LogP contribution is -2.81. The van der Waals surface area contributed by atoms with Crippen molar-refractivity contribution in [1.29, 1.82) is 0 Å². The molecule has 66 valence electrons. The lowest BCUT2D eigenvalue weighted by Gasteiger charge is -2.30. The van der Waals surface area contributed by atoms with Crippen LogP contribution in [-0.2, 0) is 0 Å². The van der Waals surface area contributed by atoms with Crippen LogP contribution in [0.15, 0.2) is 0 Å². The topological polar surface area (TPSA) is 28.6 Å². The second-order valence-corrected chi connectivity index (χ2v) is 4.05. The Hall–Kier alpha value is -0.0800. The van der Waals surface area contributed by atoms with E-state index in [9.17, 15) is 0 Å². The van der Waals surface area contributed by atoms with Gasteiger partial charge >= 0.3 is 0 Å². The van der Waals surface area contributed by atoms with E-state index in [-0.39, 0.29) is 0 Å². The molecule has 0 aromatic rings. The molecule has 1 saturated heterocycles. The molecular weight excluding hydrogens is 136 g/mol. The molecule has 2 heteroatoms. The summed E-state index contributed by atoms with van der Waals surface area (Å²) in [6.45, 7) is 10.5. The molecule has 0 aromatic heterocycles. The van der Waals surface area contributed by atoms with E-state index in [1.807, 2.05) is 0 Å². The van der Waals surface area contributed by atoms with E-state index in [1.165, 1.54) is 19.5 Å². The summed E-state index contributed by atoms with van der Waals surface area (Å²) in [4.78, 5) is 0. The van der Waals surface area contributed by atoms with Crippen molar-refractivity contribution in [2.75, 3.05) is 19.6 Å². The summed E-state index contributed by atoms with van der Waals surface area (Å²) >= 11 is 0. The first-order valence-corrected chi connectivity index (χ1v) is 4.73. The molecule has 1 aliphatic heterocycles. The monoisotopic (exact) mass is 157 g/mol. The SMILES string of the molecule is CCNC(C)(C)C1CC[NH2+]C1. The summed E-state index contributed by atoms with van der Waals surface area (Å²) in [7, 11) is 0. The predicted octanol–water partition coefficient (Wildman–Crippen LogP) is -0.0422. The van der Waals surface area contributed by atoms with Crippen molar-refractivity contribution in [2.45, 2.75) is 32.7 Å². The lowest BCUT2D eigenvalue weighted by atomic mass is 9.87. The molecule has 0 bridgehead atoms. The molecule has 11 heavy (non-hydrogen) atoms. The van der Waals surface area contributed by atoms with Crippen molar-refractivity contribution in [3.05, 3.63) is 0 Å². The Balaban J connectivity index is 2.41. The zero-order valence-electron chi connectivity index (χ0n) is 7.98. The first-order chi connectivity index (χ1) is 5.17. The molecule has 0 amide bonds. The van der Waals surface area contributed by atoms with Gasteiger partial charge in [-0.2, -0.15) is 0 Å². The highest BCUT2D eigenvalue weighted by atomic mass is 15.0. The van der Waals surface area contributed by atoms with Gasteiger partial charge in [0, 0.05) is 17.9 Å². The third kappa shape index (κ3) is 2.17. The normalized spacial score (nSPS) is 25.9. The van der Waals surface area contributed by atoms with Crippen molar-refractivity contribution in [3.63, 3.8) is 0 Å². The fraction of sp³-hybridized carbons (Fsp3) is 1.00. The summed E-state index contributed by atoms with van der Waals surface area (Å²) in [5.41, 5.74) is 0.349. The van der Waals surface area contributed by atoms with Crippen molar-refractivity contribution >= 4 is 0 Å². The molecule has 0 aliphatic carbocycles. The maximum atomic E-state index is 3.54. The maximum absolute atomic E-state index is 3.54. The highest BCUT2D eigenvalue weighted by molar-refractivity contribution is 4.86. The molecule has 1 fully saturated rings.